The van der Waals surface area contributed by atoms with Crippen molar-refractivity contribution in [2.24, 2.45) is 0 Å². The van der Waals surface area contributed by atoms with Gasteiger partial charge in [-0.2, -0.15) is 0 Å². The third-order valence-corrected chi connectivity index (χ3v) is 7.62. The van der Waals surface area contributed by atoms with E-state index in [4.69, 9.17) is 18.9 Å². The molecule has 2 aliphatic carbocycles. The molecule has 6 aliphatic rings. The third kappa shape index (κ3) is 3.36. The molecule has 4 heterocycles. The normalized spacial score (nSPS) is 52.7. The van der Waals surface area contributed by atoms with Crippen LogP contribution in [0.15, 0.2) is 0 Å². The summed E-state index contributed by atoms with van der Waals surface area (Å²) in [4.78, 5) is 1.89. The molecule has 0 radical (unpaired) electrons. The SMILES string of the molecule is CN(C)CCO[C@@]12CCC(O[C@@]34CCC(O)(C(O)[C@@H]3O)[C@H](CO)O4)(C(O)[C@@H]1O)[C@H](CO)O2. The van der Waals surface area contributed by atoms with Gasteiger partial charge in [0, 0.05) is 19.4 Å². The highest BCUT2D eigenvalue weighted by atomic mass is 16.8. The minimum absolute atomic E-state index is 0.0343. The number of aliphatic hydroxyl groups excluding tert-OH is 6. The van der Waals surface area contributed by atoms with Gasteiger partial charge in [-0.05, 0) is 26.9 Å². The topological polar surface area (TPSA) is 182 Å². The summed E-state index contributed by atoms with van der Waals surface area (Å²) in [5.74, 6) is -3.42. The van der Waals surface area contributed by atoms with Crippen LogP contribution in [0.3, 0.4) is 0 Å². The van der Waals surface area contributed by atoms with E-state index in [0.29, 0.717) is 6.54 Å². The fourth-order valence-electron chi connectivity index (χ4n) is 5.61. The number of ether oxygens (including phenoxy) is 4. The zero-order chi connectivity index (χ0) is 23.5. The lowest BCUT2D eigenvalue weighted by Gasteiger charge is -2.65. The summed E-state index contributed by atoms with van der Waals surface area (Å²) in [5.41, 5.74) is -3.54. The van der Waals surface area contributed by atoms with Crippen LogP contribution in [0.2, 0.25) is 0 Å². The van der Waals surface area contributed by atoms with Crippen LogP contribution in [0.1, 0.15) is 25.7 Å². The van der Waals surface area contributed by atoms with Crippen molar-refractivity contribution in [3.05, 3.63) is 0 Å². The maximum Gasteiger partial charge on any atom is 0.198 e. The second kappa shape index (κ2) is 8.33. The average molecular weight is 465 g/mol. The lowest BCUT2D eigenvalue weighted by Crippen LogP contribution is -2.82. The Morgan fingerprint density at radius 3 is 2.03 bits per heavy atom. The first kappa shape index (κ1) is 24.6. The molecule has 12 nitrogen and oxygen atoms in total. The Morgan fingerprint density at radius 1 is 0.812 bits per heavy atom. The third-order valence-electron chi connectivity index (χ3n) is 7.62. The van der Waals surface area contributed by atoms with Crippen molar-refractivity contribution < 1.29 is 54.7 Å². The smallest absolute Gasteiger partial charge is 0.198 e. The maximum atomic E-state index is 11.1. The number of fused-ring (bicyclic) bond motifs is 6. The molecular formula is C20H35NO11. The molecule has 0 spiro atoms. The van der Waals surface area contributed by atoms with Crippen LogP contribution in [0.4, 0.5) is 0 Å². The fraction of sp³-hybridized carbons (Fsp3) is 1.00. The molecule has 0 aromatic rings. The van der Waals surface area contributed by atoms with Crippen LogP contribution in [0, 0.1) is 0 Å². The van der Waals surface area contributed by atoms with Gasteiger partial charge < -0.3 is 59.6 Å². The Kier molecular flexibility index (Phi) is 6.41. The Bertz CT molecular complexity index is 690. The number of hydrogen-bond acceptors (Lipinski definition) is 12. The zero-order valence-corrected chi connectivity index (χ0v) is 18.3. The molecule has 4 saturated heterocycles. The van der Waals surface area contributed by atoms with E-state index in [1.165, 1.54) is 0 Å². The van der Waals surface area contributed by atoms with Crippen LogP contribution in [-0.4, -0.2) is 141 Å². The summed E-state index contributed by atoms with van der Waals surface area (Å²) in [6.45, 7) is -0.444. The van der Waals surface area contributed by atoms with Crippen molar-refractivity contribution in [2.75, 3.05) is 40.5 Å². The number of hydrogen-bond donors (Lipinski definition) is 7. The summed E-state index contributed by atoms with van der Waals surface area (Å²) < 4.78 is 23.7. The van der Waals surface area contributed by atoms with Crippen LogP contribution < -0.4 is 0 Å². The summed E-state index contributed by atoms with van der Waals surface area (Å²) in [5, 5.41) is 73.7. The van der Waals surface area contributed by atoms with Gasteiger partial charge in [0.25, 0.3) is 0 Å². The molecule has 7 N–H and O–H groups in total. The van der Waals surface area contributed by atoms with Gasteiger partial charge in [0.05, 0.1) is 19.8 Å². The molecule has 0 amide bonds. The standard InChI is InChI=1S/C20H35NO11/c1-21(2)7-8-29-19-6-4-18(12(10-23)31-19,14(25)16(19)27)32-20-5-3-17(28,11(9-22)30-20)13(24)15(20)26/h11-16,22-28H,3-10H2,1-2H3/t11-,12-,13?,14?,15-,16-,17?,18?,19+,20-/m0/s1. The molecule has 32 heavy (non-hydrogen) atoms. The van der Waals surface area contributed by atoms with Crippen molar-refractivity contribution in [1.82, 2.24) is 4.90 Å². The van der Waals surface area contributed by atoms with E-state index in [1.54, 1.807) is 0 Å². The first-order valence-corrected chi connectivity index (χ1v) is 11.0. The number of aliphatic hydroxyl groups is 7. The Morgan fingerprint density at radius 2 is 1.41 bits per heavy atom. The van der Waals surface area contributed by atoms with Crippen LogP contribution in [0.25, 0.3) is 0 Å². The molecule has 0 aromatic heterocycles. The summed E-state index contributed by atoms with van der Waals surface area (Å²) >= 11 is 0. The Hall–Kier alpha value is -0.480. The van der Waals surface area contributed by atoms with E-state index in [0.717, 1.165) is 0 Å². The predicted octanol–water partition coefficient (Wildman–Crippen LogP) is -3.74. The zero-order valence-electron chi connectivity index (χ0n) is 18.3. The second-order valence-electron chi connectivity index (χ2n) is 9.68. The lowest BCUT2D eigenvalue weighted by atomic mass is 9.67. The first-order valence-electron chi connectivity index (χ1n) is 11.0. The van der Waals surface area contributed by atoms with Crippen molar-refractivity contribution in [3.8, 4) is 0 Å². The van der Waals surface area contributed by atoms with Gasteiger partial charge in [-0.3, -0.25) is 0 Å². The molecule has 10 atom stereocenters. The molecule has 2 saturated carbocycles. The number of likely N-dealkylation sites (N-methyl/N-ethyl adjacent to an activating group) is 1. The van der Waals surface area contributed by atoms with E-state index in [1.807, 2.05) is 19.0 Å². The maximum absolute atomic E-state index is 11.1. The highest BCUT2D eigenvalue weighted by Crippen LogP contribution is 2.55. The van der Waals surface area contributed by atoms with Crippen LogP contribution >= 0.6 is 0 Å². The molecule has 4 bridgehead atoms. The van der Waals surface area contributed by atoms with Gasteiger partial charge in [-0.15, -0.1) is 0 Å². The predicted molar refractivity (Wildman–Crippen MR) is 105 cm³/mol. The Balaban J connectivity index is 1.61. The highest BCUT2D eigenvalue weighted by molar-refractivity contribution is 5.17. The summed E-state index contributed by atoms with van der Waals surface area (Å²) in [6, 6.07) is 0. The van der Waals surface area contributed by atoms with E-state index in [2.05, 4.69) is 0 Å². The molecule has 12 heteroatoms. The minimum atomic E-state index is -1.89. The molecule has 4 unspecified atom stereocenters. The van der Waals surface area contributed by atoms with Crippen molar-refractivity contribution in [3.63, 3.8) is 0 Å². The highest BCUT2D eigenvalue weighted by Gasteiger charge is 2.73. The van der Waals surface area contributed by atoms with Crippen LogP contribution in [-0.2, 0) is 18.9 Å². The van der Waals surface area contributed by atoms with Crippen molar-refractivity contribution >= 4 is 0 Å². The van der Waals surface area contributed by atoms with E-state index >= 15 is 0 Å². The number of nitrogens with zero attached hydrogens (tertiary/aromatic N) is 1. The Labute approximate surface area is 185 Å². The van der Waals surface area contributed by atoms with Gasteiger partial charge in [0.15, 0.2) is 11.6 Å². The molecular weight excluding hydrogens is 430 g/mol. The van der Waals surface area contributed by atoms with Crippen molar-refractivity contribution in [1.29, 1.82) is 0 Å². The minimum Gasteiger partial charge on any atom is -0.394 e. The van der Waals surface area contributed by atoms with Gasteiger partial charge in [-0.1, -0.05) is 0 Å². The largest absolute Gasteiger partial charge is 0.394 e. The van der Waals surface area contributed by atoms with Gasteiger partial charge in [0.1, 0.15) is 47.8 Å². The van der Waals surface area contributed by atoms with E-state index < -0.39 is 72.6 Å². The van der Waals surface area contributed by atoms with Crippen molar-refractivity contribution in [2.45, 2.75) is 85.1 Å². The molecule has 186 valence electrons. The van der Waals surface area contributed by atoms with E-state index in [-0.39, 0.29) is 32.3 Å². The molecule has 0 aromatic carbocycles. The number of rotatable bonds is 8. The molecule has 6 rings (SSSR count). The van der Waals surface area contributed by atoms with Crippen LogP contribution in [0.5, 0.6) is 0 Å². The van der Waals surface area contributed by atoms with Gasteiger partial charge >= 0.3 is 0 Å². The van der Waals surface area contributed by atoms with Gasteiger partial charge in [-0.25, -0.2) is 0 Å². The van der Waals surface area contributed by atoms with E-state index in [9.17, 15) is 35.7 Å². The van der Waals surface area contributed by atoms with Gasteiger partial charge in [0.2, 0.25) is 0 Å². The summed E-state index contributed by atoms with van der Waals surface area (Å²) in [7, 11) is 3.72. The first-order chi connectivity index (χ1) is 15.0. The molecule has 4 aliphatic heterocycles. The quantitative estimate of drug-likeness (QED) is 0.186. The second-order valence-corrected chi connectivity index (χ2v) is 9.68. The average Bonchev–Trinajstić information content (AvgIpc) is 2.77. The monoisotopic (exact) mass is 465 g/mol. The molecule has 6 fully saturated rings. The summed E-state index contributed by atoms with van der Waals surface area (Å²) in [6.07, 6.45) is -8.68. The lowest BCUT2D eigenvalue weighted by molar-refractivity contribution is -0.486. The fourth-order valence-corrected chi connectivity index (χ4v) is 5.61.